The molecular formula is C12H13ClFNO2. The van der Waals surface area contributed by atoms with Crippen molar-refractivity contribution in [3.05, 3.63) is 40.7 Å². The largest absolute Gasteiger partial charge is 0.478 e. The molecule has 0 unspecified atom stereocenters. The highest BCUT2D eigenvalue weighted by Gasteiger charge is 2.06. The van der Waals surface area contributed by atoms with Crippen LogP contribution in [0.15, 0.2) is 29.8 Å². The Morgan fingerprint density at radius 2 is 2.29 bits per heavy atom. The molecule has 0 spiro atoms. The first-order chi connectivity index (χ1) is 8.06. The maximum atomic E-state index is 13.3. The Morgan fingerprint density at radius 3 is 2.82 bits per heavy atom. The number of rotatable bonds is 5. The van der Waals surface area contributed by atoms with Gasteiger partial charge in [0.1, 0.15) is 5.82 Å². The Balaban J connectivity index is 2.71. The van der Waals surface area contributed by atoms with E-state index in [2.05, 4.69) is 5.32 Å². The van der Waals surface area contributed by atoms with Crippen molar-refractivity contribution >= 4 is 23.3 Å². The van der Waals surface area contributed by atoms with Gasteiger partial charge in [0, 0.05) is 12.1 Å². The fraction of sp³-hybridized carbons (Fsp3) is 0.250. The molecule has 0 amide bonds. The predicted octanol–water partition coefficient (Wildman–Crippen LogP) is 3.31. The van der Waals surface area contributed by atoms with Crippen molar-refractivity contribution < 1.29 is 14.3 Å². The molecule has 3 nitrogen and oxygen atoms in total. The molecule has 92 valence electrons. The molecule has 0 aliphatic heterocycles. The smallest absolute Gasteiger partial charge is 0.331 e. The van der Waals surface area contributed by atoms with Gasteiger partial charge in [0.05, 0.1) is 10.7 Å². The maximum absolute atomic E-state index is 13.3. The van der Waals surface area contributed by atoms with Gasteiger partial charge in [0.15, 0.2) is 0 Å². The topological polar surface area (TPSA) is 49.3 Å². The fourth-order valence-corrected chi connectivity index (χ4v) is 1.56. The highest BCUT2D eigenvalue weighted by atomic mass is 35.5. The zero-order chi connectivity index (χ0) is 12.8. The van der Waals surface area contributed by atoms with Gasteiger partial charge in [0.25, 0.3) is 0 Å². The summed E-state index contributed by atoms with van der Waals surface area (Å²) in [4.78, 5) is 10.7. The second-order valence-corrected chi connectivity index (χ2v) is 3.77. The molecule has 0 heterocycles. The van der Waals surface area contributed by atoms with Crippen LogP contribution in [-0.4, -0.2) is 17.6 Å². The first-order valence-electron chi connectivity index (χ1n) is 5.16. The summed E-state index contributed by atoms with van der Waals surface area (Å²) < 4.78 is 13.3. The molecule has 0 bridgehead atoms. The van der Waals surface area contributed by atoms with Crippen LogP contribution in [0.5, 0.6) is 0 Å². The average molecular weight is 258 g/mol. The summed E-state index contributed by atoms with van der Waals surface area (Å²) in [7, 11) is 0. The van der Waals surface area contributed by atoms with E-state index < -0.39 is 11.8 Å². The van der Waals surface area contributed by atoms with E-state index in [1.807, 2.05) is 0 Å². The quantitative estimate of drug-likeness (QED) is 0.796. The number of carboxylic acid groups (broad SMARTS) is 1. The SMILES string of the molecule is CC/C(=C/CNc1c(F)cccc1Cl)C(=O)O. The second kappa shape index (κ2) is 6.25. The van der Waals surface area contributed by atoms with Gasteiger partial charge in [-0.1, -0.05) is 30.7 Å². The standard InChI is InChI=1S/C12H13ClFNO2/c1-2-8(12(16)17)6-7-15-11-9(13)4-3-5-10(11)14/h3-6,15H,2,7H2,1H3,(H,16,17)/b8-6-. The summed E-state index contributed by atoms with van der Waals surface area (Å²) in [6.45, 7) is 1.96. The monoisotopic (exact) mass is 257 g/mol. The number of halogens is 2. The van der Waals surface area contributed by atoms with Gasteiger partial charge in [0.2, 0.25) is 0 Å². The molecule has 0 radical (unpaired) electrons. The molecule has 2 N–H and O–H groups in total. The lowest BCUT2D eigenvalue weighted by Crippen LogP contribution is -2.06. The maximum Gasteiger partial charge on any atom is 0.331 e. The lowest BCUT2D eigenvalue weighted by atomic mass is 10.2. The number of carbonyl (C=O) groups is 1. The fourth-order valence-electron chi connectivity index (χ4n) is 1.33. The van der Waals surface area contributed by atoms with Gasteiger partial charge in [-0.2, -0.15) is 0 Å². The summed E-state index contributed by atoms with van der Waals surface area (Å²) >= 11 is 5.80. The van der Waals surface area contributed by atoms with Crippen molar-refractivity contribution in [3.63, 3.8) is 0 Å². The van der Waals surface area contributed by atoms with Gasteiger partial charge in [-0.15, -0.1) is 0 Å². The molecule has 0 aliphatic carbocycles. The average Bonchev–Trinajstić information content (AvgIpc) is 2.27. The lowest BCUT2D eigenvalue weighted by Gasteiger charge is -2.07. The van der Waals surface area contributed by atoms with Crippen molar-refractivity contribution in [1.29, 1.82) is 0 Å². The van der Waals surface area contributed by atoms with E-state index in [1.54, 1.807) is 13.0 Å². The lowest BCUT2D eigenvalue weighted by molar-refractivity contribution is -0.132. The van der Waals surface area contributed by atoms with E-state index in [1.165, 1.54) is 18.2 Å². The zero-order valence-electron chi connectivity index (χ0n) is 9.34. The number of anilines is 1. The van der Waals surface area contributed by atoms with E-state index >= 15 is 0 Å². The molecule has 0 atom stereocenters. The van der Waals surface area contributed by atoms with Gasteiger partial charge >= 0.3 is 5.97 Å². The van der Waals surface area contributed by atoms with Crippen LogP contribution in [-0.2, 0) is 4.79 Å². The minimum absolute atomic E-state index is 0.186. The van der Waals surface area contributed by atoms with E-state index in [9.17, 15) is 9.18 Å². The molecule has 1 aromatic rings. The molecule has 17 heavy (non-hydrogen) atoms. The van der Waals surface area contributed by atoms with Crippen LogP contribution in [0.25, 0.3) is 0 Å². The third-order valence-electron chi connectivity index (χ3n) is 2.25. The van der Waals surface area contributed by atoms with Crippen molar-refractivity contribution in [3.8, 4) is 0 Å². The third kappa shape index (κ3) is 3.75. The number of carboxylic acids is 1. The normalized spacial score (nSPS) is 11.4. The molecule has 1 aromatic carbocycles. The molecule has 0 saturated carbocycles. The summed E-state index contributed by atoms with van der Waals surface area (Å²) in [5.74, 6) is -1.42. The van der Waals surface area contributed by atoms with Crippen molar-refractivity contribution in [1.82, 2.24) is 0 Å². The molecular weight excluding hydrogens is 245 g/mol. The van der Waals surface area contributed by atoms with E-state index in [4.69, 9.17) is 16.7 Å². The Morgan fingerprint density at radius 1 is 1.59 bits per heavy atom. The summed E-state index contributed by atoms with van der Waals surface area (Å²) in [6.07, 6.45) is 1.92. The Kier molecular flexibility index (Phi) is 4.97. The van der Waals surface area contributed by atoms with Gasteiger partial charge in [-0.05, 0) is 18.6 Å². The first-order valence-corrected chi connectivity index (χ1v) is 5.54. The van der Waals surface area contributed by atoms with Crippen LogP contribution < -0.4 is 5.32 Å². The Labute approximate surface area is 104 Å². The molecule has 0 saturated heterocycles. The van der Waals surface area contributed by atoms with Gasteiger partial charge < -0.3 is 10.4 Å². The number of benzene rings is 1. The number of hydrogen-bond donors (Lipinski definition) is 2. The van der Waals surface area contributed by atoms with Crippen molar-refractivity contribution in [2.45, 2.75) is 13.3 Å². The first kappa shape index (κ1) is 13.5. The molecule has 0 fully saturated rings. The predicted molar refractivity (Wildman–Crippen MR) is 65.9 cm³/mol. The Hall–Kier alpha value is -1.55. The summed E-state index contributed by atoms with van der Waals surface area (Å²) in [6, 6.07) is 4.36. The van der Waals surface area contributed by atoms with Crippen LogP contribution in [0.2, 0.25) is 5.02 Å². The second-order valence-electron chi connectivity index (χ2n) is 3.37. The van der Waals surface area contributed by atoms with Gasteiger partial charge in [-0.25, -0.2) is 9.18 Å². The number of hydrogen-bond acceptors (Lipinski definition) is 2. The zero-order valence-corrected chi connectivity index (χ0v) is 10.1. The van der Waals surface area contributed by atoms with Crippen LogP contribution in [0.4, 0.5) is 10.1 Å². The summed E-state index contributed by atoms with van der Waals surface area (Å²) in [5, 5.41) is 11.8. The minimum atomic E-state index is -0.964. The molecule has 0 aromatic heterocycles. The third-order valence-corrected chi connectivity index (χ3v) is 2.56. The highest BCUT2D eigenvalue weighted by molar-refractivity contribution is 6.33. The highest BCUT2D eigenvalue weighted by Crippen LogP contribution is 2.24. The van der Waals surface area contributed by atoms with Crippen molar-refractivity contribution in [2.75, 3.05) is 11.9 Å². The van der Waals surface area contributed by atoms with Crippen LogP contribution in [0.3, 0.4) is 0 Å². The van der Waals surface area contributed by atoms with Gasteiger partial charge in [-0.3, -0.25) is 0 Å². The van der Waals surface area contributed by atoms with Crippen LogP contribution in [0, 0.1) is 5.82 Å². The number of aliphatic carboxylic acids is 1. The molecule has 1 rings (SSSR count). The number of nitrogens with one attached hydrogen (secondary N) is 1. The Bertz CT molecular complexity index is 426. The van der Waals surface area contributed by atoms with E-state index in [-0.39, 0.29) is 22.8 Å². The van der Waals surface area contributed by atoms with Crippen LogP contribution >= 0.6 is 11.6 Å². The minimum Gasteiger partial charge on any atom is -0.478 e. The van der Waals surface area contributed by atoms with Crippen molar-refractivity contribution in [2.24, 2.45) is 0 Å². The molecule has 0 aliphatic rings. The van der Waals surface area contributed by atoms with E-state index in [0.29, 0.717) is 6.42 Å². The number of para-hydroxylation sites is 1. The molecule has 5 heteroatoms. The summed E-state index contributed by atoms with van der Waals surface area (Å²) in [5.41, 5.74) is 0.469. The van der Waals surface area contributed by atoms with Crippen LogP contribution in [0.1, 0.15) is 13.3 Å². The van der Waals surface area contributed by atoms with E-state index in [0.717, 1.165) is 0 Å².